The molecule has 0 fully saturated rings. The van der Waals surface area contributed by atoms with Gasteiger partial charge in [-0.05, 0) is 6.42 Å². The van der Waals surface area contributed by atoms with Gasteiger partial charge in [-0.1, -0.05) is 0 Å². The fourth-order valence-electron chi connectivity index (χ4n) is 1.04. The summed E-state index contributed by atoms with van der Waals surface area (Å²) in [5.41, 5.74) is -0.411. The second-order valence-electron chi connectivity index (χ2n) is 2.83. The SMILES string of the molecule is O=c1[nH]cncc1C(O)C(O)CCCl. The Morgan fingerprint density at radius 3 is 2.86 bits per heavy atom. The molecule has 2 atom stereocenters. The number of alkyl halides is 1. The highest BCUT2D eigenvalue weighted by atomic mass is 35.5. The van der Waals surface area contributed by atoms with Crippen LogP contribution < -0.4 is 5.56 Å². The van der Waals surface area contributed by atoms with E-state index in [9.17, 15) is 15.0 Å². The Morgan fingerprint density at radius 2 is 2.29 bits per heavy atom. The van der Waals surface area contributed by atoms with E-state index in [1.807, 2.05) is 0 Å². The zero-order valence-electron chi connectivity index (χ0n) is 7.35. The lowest BCUT2D eigenvalue weighted by molar-refractivity contribution is 0.0159. The topological polar surface area (TPSA) is 86.2 Å². The van der Waals surface area contributed by atoms with Crippen molar-refractivity contribution in [3.05, 3.63) is 28.4 Å². The van der Waals surface area contributed by atoms with Crippen LogP contribution in [0.25, 0.3) is 0 Å². The van der Waals surface area contributed by atoms with E-state index >= 15 is 0 Å². The van der Waals surface area contributed by atoms with Crippen LogP contribution in [0.15, 0.2) is 17.3 Å². The number of nitrogens with zero attached hydrogens (tertiary/aromatic N) is 1. The van der Waals surface area contributed by atoms with E-state index < -0.39 is 17.8 Å². The van der Waals surface area contributed by atoms with Crippen molar-refractivity contribution >= 4 is 11.6 Å². The summed E-state index contributed by atoms with van der Waals surface area (Å²) in [7, 11) is 0. The molecule has 14 heavy (non-hydrogen) atoms. The largest absolute Gasteiger partial charge is 0.390 e. The summed E-state index contributed by atoms with van der Waals surface area (Å²) in [6, 6.07) is 0. The predicted octanol–water partition coefficient (Wildman–Crippen LogP) is -0.207. The van der Waals surface area contributed by atoms with Crippen molar-refractivity contribution in [1.82, 2.24) is 9.97 Å². The lowest BCUT2D eigenvalue weighted by Crippen LogP contribution is -2.25. The van der Waals surface area contributed by atoms with Crippen LogP contribution in [-0.4, -0.2) is 32.2 Å². The first kappa shape index (κ1) is 11.2. The molecule has 0 radical (unpaired) electrons. The highest BCUT2D eigenvalue weighted by molar-refractivity contribution is 6.17. The average Bonchev–Trinajstić information content (AvgIpc) is 2.18. The number of hydrogen-bond acceptors (Lipinski definition) is 4. The fourth-order valence-corrected chi connectivity index (χ4v) is 1.27. The van der Waals surface area contributed by atoms with Gasteiger partial charge in [0.25, 0.3) is 5.56 Å². The van der Waals surface area contributed by atoms with Crippen LogP contribution in [0.1, 0.15) is 18.1 Å². The number of nitrogens with one attached hydrogen (secondary N) is 1. The molecule has 2 unspecified atom stereocenters. The van der Waals surface area contributed by atoms with Gasteiger partial charge in [0.2, 0.25) is 0 Å². The van der Waals surface area contributed by atoms with Crippen molar-refractivity contribution in [1.29, 1.82) is 0 Å². The van der Waals surface area contributed by atoms with Gasteiger partial charge in [0.05, 0.1) is 18.0 Å². The van der Waals surface area contributed by atoms with Gasteiger partial charge in [0.1, 0.15) is 6.10 Å². The maximum Gasteiger partial charge on any atom is 0.256 e. The minimum absolute atomic E-state index is 0.0464. The van der Waals surface area contributed by atoms with Crippen LogP contribution in [-0.2, 0) is 0 Å². The molecular formula is C8H11ClN2O3. The molecular weight excluding hydrogens is 208 g/mol. The van der Waals surface area contributed by atoms with Crippen LogP contribution in [0.3, 0.4) is 0 Å². The van der Waals surface area contributed by atoms with Crippen molar-refractivity contribution in [2.45, 2.75) is 18.6 Å². The zero-order chi connectivity index (χ0) is 10.6. The first-order chi connectivity index (χ1) is 6.66. The number of hydrogen-bond donors (Lipinski definition) is 3. The molecule has 5 nitrogen and oxygen atoms in total. The summed E-state index contributed by atoms with van der Waals surface area (Å²) < 4.78 is 0. The number of H-pyrrole nitrogens is 1. The minimum atomic E-state index is -1.24. The Balaban J connectivity index is 2.84. The van der Waals surface area contributed by atoms with Crippen LogP contribution in [0.2, 0.25) is 0 Å². The Kier molecular flexibility index (Phi) is 4.06. The summed E-state index contributed by atoms with van der Waals surface area (Å²) >= 11 is 5.40. The molecule has 0 aromatic carbocycles. The first-order valence-electron chi connectivity index (χ1n) is 4.11. The van der Waals surface area contributed by atoms with Gasteiger partial charge < -0.3 is 15.2 Å². The number of aliphatic hydroxyl groups is 2. The molecule has 0 aliphatic rings. The van der Waals surface area contributed by atoms with Gasteiger partial charge in [-0.3, -0.25) is 4.79 Å². The van der Waals surface area contributed by atoms with Crippen LogP contribution in [0, 0.1) is 0 Å². The van der Waals surface area contributed by atoms with Crippen molar-refractivity contribution < 1.29 is 10.2 Å². The van der Waals surface area contributed by atoms with Gasteiger partial charge in [-0.15, -0.1) is 11.6 Å². The van der Waals surface area contributed by atoms with Gasteiger partial charge in [0, 0.05) is 12.1 Å². The monoisotopic (exact) mass is 218 g/mol. The quantitative estimate of drug-likeness (QED) is 0.611. The number of rotatable bonds is 4. The van der Waals surface area contributed by atoms with Gasteiger partial charge in [-0.25, -0.2) is 4.98 Å². The summed E-state index contributed by atoms with van der Waals surface area (Å²) in [6.07, 6.45) is 0.369. The predicted molar refractivity (Wildman–Crippen MR) is 51.2 cm³/mol. The normalized spacial score (nSPS) is 15.1. The molecule has 0 aliphatic carbocycles. The first-order valence-corrected chi connectivity index (χ1v) is 4.65. The van der Waals surface area contributed by atoms with E-state index in [0.29, 0.717) is 0 Å². The molecule has 0 saturated carbocycles. The lowest BCUT2D eigenvalue weighted by atomic mass is 10.1. The Morgan fingerprint density at radius 1 is 1.57 bits per heavy atom. The third-order valence-electron chi connectivity index (χ3n) is 1.83. The third kappa shape index (κ3) is 2.54. The zero-order valence-corrected chi connectivity index (χ0v) is 8.11. The Bertz CT molecular complexity index is 341. The molecule has 1 aromatic heterocycles. The highest BCUT2D eigenvalue weighted by Crippen LogP contribution is 2.14. The second kappa shape index (κ2) is 5.09. The number of aromatic amines is 1. The maximum atomic E-state index is 11.2. The van der Waals surface area contributed by atoms with E-state index in [0.717, 1.165) is 0 Å². The summed E-state index contributed by atoms with van der Waals surface area (Å²) in [4.78, 5) is 17.1. The molecule has 6 heteroatoms. The standard InChI is InChI=1S/C8H11ClN2O3/c9-2-1-6(12)7(13)5-3-10-4-11-8(5)14/h3-4,6-7,12-13H,1-2H2,(H,10,11,14). The molecule has 1 heterocycles. The second-order valence-corrected chi connectivity index (χ2v) is 3.20. The number of aliphatic hydroxyl groups excluding tert-OH is 2. The van der Waals surface area contributed by atoms with E-state index in [1.54, 1.807) is 0 Å². The summed E-state index contributed by atoms with van der Waals surface area (Å²) in [5.74, 6) is 0.219. The molecule has 0 bridgehead atoms. The molecule has 3 N–H and O–H groups in total. The minimum Gasteiger partial charge on any atom is -0.390 e. The Hall–Kier alpha value is -0.910. The molecule has 0 spiro atoms. The van der Waals surface area contributed by atoms with Gasteiger partial charge in [-0.2, -0.15) is 0 Å². The lowest BCUT2D eigenvalue weighted by Gasteiger charge is -2.15. The van der Waals surface area contributed by atoms with E-state index in [-0.39, 0.29) is 17.9 Å². The number of halogens is 1. The van der Waals surface area contributed by atoms with Crippen molar-refractivity contribution in [3.8, 4) is 0 Å². The van der Waals surface area contributed by atoms with Crippen molar-refractivity contribution in [3.63, 3.8) is 0 Å². The smallest absolute Gasteiger partial charge is 0.256 e. The molecule has 0 amide bonds. The molecule has 1 rings (SSSR count). The van der Waals surface area contributed by atoms with E-state index in [4.69, 9.17) is 11.6 Å². The third-order valence-corrected chi connectivity index (χ3v) is 2.05. The number of aromatic nitrogens is 2. The van der Waals surface area contributed by atoms with E-state index in [1.165, 1.54) is 12.5 Å². The molecule has 78 valence electrons. The maximum absolute atomic E-state index is 11.2. The highest BCUT2D eigenvalue weighted by Gasteiger charge is 2.20. The summed E-state index contributed by atoms with van der Waals surface area (Å²) in [6.45, 7) is 0. The average molecular weight is 219 g/mol. The van der Waals surface area contributed by atoms with Crippen LogP contribution >= 0.6 is 11.6 Å². The van der Waals surface area contributed by atoms with Gasteiger partial charge >= 0.3 is 0 Å². The van der Waals surface area contributed by atoms with E-state index in [2.05, 4.69) is 9.97 Å². The van der Waals surface area contributed by atoms with Gasteiger partial charge in [0.15, 0.2) is 0 Å². The summed E-state index contributed by atoms with van der Waals surface area (Å²) in [5, 5.41) is 18.9. The molecule has 1 aromatic rings. The Labute approximate surface area is 85.4 Å². The van der Waals surface area contributed by atoms with Crippen LogP contribution in [0.4, 0.5) is 0 Å². The molecule has 0 saturated heterocycles. The van der Waals surface area contributed by atoms with Crippen molar-refractivity contribution in [2.24, 2.45) is 0 Å². The van der Waals surface area contributed by atoms with Crippen molar-refractivity contribution in [2.75, 3.05) is 5.88 Å². The molecule has 0 aliphatic heterocycles. The fraction of sp³-hybridized carbons (Fsp3) is 0.500. The van der Waals surface area contributed by atoms with Crippen LogP contribution in [0.5, 0.6) is 0 Å².